The molecule has 1 aromatic heterocycles. The SMILES string of the molecule is Cc1ccc(CO)cc1NS(=O)(=O)c1cn[nH]c1C. The Morgan fingerprint density at radius 3 is 2.68 bits per heavy atom. The molecule has 0 atom stereocenters. The molecule has 0 fully saturated rings. The van der Waals surface area contributed by atoms with E-state index < -0.39 is 10.0 Å². The van der Waals surface area contributed by atoms with E-state index in [4.69, 9.17) is 5.11 Å². The average Bonchev–Trinajstić information content (AvgIpc) is 2.79. The molecule has 0 aliphatic heterocycles. The molecule has 0 saturated carbocycles. The van der Waals surface area contributed by atoms with Crippen molar-refractivity contribution in [3.05, 3.63) is 41.2 Å². The van der Waals surface area contributed by atoms with Crippen LogP contribution in [0.3, 0.4) is 0 Å². The number of rotatable bonds is 4. The van der Waals surface area contributed by atoms with Gasteiger partial charge in [0.15, 0.2) is 0 Å². The third-order valence-electron chi connectivity index (χ3n) is 2.80. The van der Waals surface area contributed by atoms with Crippen LogP contribution in [0, 0.1) is 13.8 Å². The number of benzene rings is 1. The Morgan fingerprint density at radius 2 is 2.11 bits per heavy atom. The number of aliphatic hydroxyl groups is 1. The molecule has 1 aromatic carbocycles. The summed E-state index contributed by atoms with van der Waals surface area (Å²) >= 11 is 0. The van der Waals surface area contributed by atoms with Crippen LogP contribution < -0.4 is 4.72 Å². The highest BCUT2D eigenvalue weighted by Gasteiger charge is 2.19. The fraction of sp³-hybridized carbons (Fsp3) is 0.250. The highest BCUT2D eigenvalue weighted by Crippen LogP contribution is 2.22. The second-order valence-electron chi connectivity index (χ2n) is 4.27. The maximum absolute atomic E-state index is 12.2. The van der Waals surface area contributed by atoms with E-state index in [-0.39, 0.29) is 11.5 Å². The Hall–Kier alpha value is -1.86. The summed E-state index contributed by atoms with van der Waals surface area (Å²) < 4.78 is 26.9. The number of hydrogen-bond acceptors (Lipinski definition) is 4. The lowest BCUT2D eigenvalue weighted by Gasteiger charge is -2.11. The Morgan fingerprint density at radius 1 is 1.37 bits per heavy atom. The fourth-order valence-electron chi connectivity index (χ4n) is 1.69. The first-order valence-electron chi connectivity index (χ1n) is 5.67. The minimum absolute atomic E-state index is 0.112. The molecule has 19 heavy (non-hydrogen) atoms. The van der Waals surface area contributed by atoms with E-state index in [0.29, 0.717) is 16.9 Å². The zero-order chi connectivity index (χ0) is 14.0. The van der Waals surface area contributed by atoms with Gasteiger partial charge in [0.2, 0.25) is 0 Å². The van der Waals surface area contributed by atoms with Crippen molar-refractivity contribution in [1.82, 2.24) is 10.2 Å². The molecule has 6 nitrogen and oxygen atoms in total. The predicted molar refractivity (Wildman–Crippen MR) is 71.2 cm³/mol. The van der Waals surface area contributed by atoms with E-state index >= 15 is 0 Å². The second-order valence-corrected chi connectivity index (χ2v) is 5.92. The number of aromatic amines is 1. The molecule has 3 N–H and O–H groups in total. The van der Waals surface area contributed by atoms with Crippen molar-refractivity contribution in [1.29, 1.82) is 0 Å². The topological polar surface area (TPSA) is 95.1 Å². The molecular weight excluding hydrogens is 266 g/mol. The summed E-state index contributed by atoms with van der Waals surface area (Å²) in [6, 6.07) is 5.12. The third kappa shape index (κ3) is 2.77. The zero-order valence-corrected chi connectivity index (χ0v) is 11.5. The van der Waals surface area contributed by atoms with Gasteiger partial charge >= 0.3 is 0 Å². The van der Waals surface area contributed by atoms with Crippen LogP contribution in [0.1, 0.15) is 16.8 Å². The third-order valence-corrected chi connectivity index (χ3v) is 4.28. The van der Waals surface area contributed by atoms with Gasteiger partial charge in [0.25, 0.3) is 10.0 Å². The van der Waals surface area contributed by atoms with Crippen LogP contribution in [0.25, 0.3) is 0 Å². The molecule has 0 unspecified atom stereocenters. The normalized spacial score (nSPS) is 11.5. The van der Waals surface area contributed by atoms with Crippen LogP contribution in [0.4, 0.5) is 5.69 Å². The first-order chi connectivity index (χ1) is 8.94. The fourth-order valence-corrected chi connectivity index (χ4v) is 2.95. The average molecular weight is 281 g/mol. The molecular formula is C12H15N3O3S. The molecule has 2 rings (SSSR count). The van der Waals surface area contributed by atoms with Gasteiger partial charge in [-0.15, -0.1) is 0 Å². The van der Waals surface area contributed by atoms with Gasteiger partial charge in [0.05, 0.1) is 24.2 Å². The smallest absolute Gasteiger partial charge is 0.265 e. The minimum atomic E-state index is -3.67. The number of H-pyrrole nitrogens is 1. The Balaban J connectivity index is 2.38. The quantitative estimate of drug-likeness (QED) is 0.787. The lowest BCUT2D eigenvalue weighted by Crippen LogP contribution is -2.14. The summed E-state index contributed by atoms with van der Waals surface area (Å²) in [7, 11) is -3.67. The molecule has 0 radical (unpaired) electrons. The van der Waals surface area contributed by atoms with E-state index in [1.165, 1.54) is 6.20 Å². The Bertz CT molecular complexity index is 692. The lowest BCUT2D eigenvalue weighted by molar-refractivity contribution is 0.282. The van der Waals surface area contributed by atoms with Gasteiger partial charge in [-0.05, 0) is 31.0 Å². The summed E-state index contributed by atoms with van der Waals surface area (Å²) in [4.78, 5) is 0.112. The van der Waals surface area contributed by atoms with Crippen molar-refractivity contribution < 1.29 is 13.5 Å². The van der Waals surface area contributed by atoms with Gasteiger partial charge in [-0.25, -0.2) is 8.42 Å². The summed E-state index contributed by atoms with van der Waals surface area (Å²) in [5.41, 5.74) is 2.35. The number of anilines is 1. The van der Waals surface area contributed by atoms with Gasteiger partial charge in [-0.1, -0.05) is 12.1 Å². The molecule has 1 heterocycles. The number of sulfonamides is 1. The Kier molecular flexibility index (Phi) is 3.59. The van der Waals surface area contributed by atoms with Crippen LogP contribution in [0.2, 0.25) is 0 Å². The highest BCUT2D eigenvalue weighted by molar-refractivity contribution is 7.92. The minimum Gasteiger partial charge on any atom is -0.392 e. The van der Waals surface area contributed by atoms with E-state index in [0.717, 1.165) is 5.56 Å². The first-order valence-corrected chi connectivity index (χ1v) is 7.15. The van der Waals surface area contributed by atoms with Gasteiger partial charge in [0.1, 0.15) is 4.90 Å². The van der Waals surface area contributed by atoms with Crippen LogP contribution in [-0.2, 0) is 16.6 Å². The van der Waals surface area contributed by atoms with Gasteiger partial charge in [-0.3, -0.25) is 9.82 Å². The maximum Gasteiger partial charge on any atom is 0.265 e. The molecule has 0 saturated heterocycles. The molecule has 0 aliphatic rings. The van der Waals surface area contributed by atoms with Crippen molar-refractivity contribution >= 4 is 15.7 Å². The standard InChI is InChI=1S/C12H15N3O3S/c1-8-3-4-10(7-16)5-11(8)15-19(17,18)12-6-13-14-9(12)2/h3-6,15-16H,7H2,1-2H3,(H,13,14). The number of aryl methyl sites for hydroxylation is 2. The summed E-state index contributed by atoms with van der Waals surface area (Å²) in [6.07, 6.45) is 1.27. The molecule has 0 bridgehead atoms. The number of aliphatic hydroxyl groups excluding tert-OH is 1. The van der Waals surface area contributed by atoms with E-state index in [1.807, 2.05) is 0 Å². The number of hydrogen-bond donors (Lipinski definition) is 3. The van der Waals surface area contributed by atoms with E-state index in [1.54, 1.807) is 32.0 Å². The van der Waals surface area contributed by atoms with Gasteiger partial charge < -0.3 is 5.11 Å². The van der Waals surface area contributed by atoms with Crippen molar-refractivity contribution in [2.24, 2.45) is 0 Å². The van der Waals surface area contributed by atoms with Crippen LogP contribution in [0.5, 0.6) is 0 Å². The highest BCUT2D eigenvalue weighted by atomic mass is 32.2. The van der Waals surface area contributed by atoms with Crippen molar-refractivity contribution in [2.75, 3.05) is 4.72 Å². The first kappa shape index (κ1) is 13.6. The molecule has 0 spiro atoms. The van der Waals surface area contributed by atoms with Crippen LogP contribution in [0.15, 0.2) is 29.3 Å². The second kappa shape index (κ2) is 5.02. The summed E-state index contributed by atoms with van der Waals surface area (Å²) in [6.45, 7) is 3.29. The molecule has 102 valence electrons. The number of nitrogens with zero attached hydrogens (tertiary/aromatic N) is 1. The van der Waals surface area contributed by atoms with Crippen LogP contribution >= 0.6 is 0 Å². The predicted octanol–water partition coefficient (Wildman–Crippen LogP) is 1.32. The number of nitrogens with one attached hydrogen (secondary N) is 2. The monoisotopic (exact) mass is 281 g/mol. The maximum atomic E-state index is 12.2. The lowest BCUT2D eigenvalue weighted by atomic mass is 10.1. The van der Waals surface area contributed by atoms with Crippen molar-refractivity contribution in [3.63, 3.8) is 0 Å². The largest absolute Gasteiger partial charge is 0.392 e. The van der Waals surface area contributed by atoms with E-state index in [2.05, 4.69) is 14.9 Å². The molecule has 0 amide bonds. The summed E-state index contributed by atoms with van der Waals surface area (Å²) in [5.74, 6) is 0. The zero-order valence-electron chi connectivity index (χ0n) is 10.6. The molecule has 7 heteroatoms. The van der Waals surface area contributed by atoms with Crippen molar-refractivity contribution in [3.8, 4) is 0 Å². The van der Waals surface area contributed by atoms with Gasteiger partial charge in [-0.2, -0.15) is 5.10 Å². The van der Waals surface area contributed by atoms with Crippen molar-refractivity contribution in [2.45, 2.75) is 25.3 Å². The number of aromatic nitrogens is 2. The van der Waals surface area contributed by atoms with E-state index in [9.17, 15) is 8.42 Å². The summed E-state index contributed by atoms with van der Waals surface area (Å²) in [5, 5.41) is 15.4. The van der Waals surface area contributed by atoms with Gasteiger partial charge in [0, 0.05) is 0 Å². The molecule has 0 aliphatic carbocycles. The molecule has 2 aromatic rings. The Labute approximate surface area is 111 Å². The van der Waals surface area contributed by atoms with Crippen LogP contribution in [-0.4, -0.2) is 23.7 Å².